The molecule has 5 nitrogen and oxygen atoms in total. The molecule has 0 saturated carbocycles. The molecule has 0 radical (unpaired) electrons. The summed E-state index contributed by atoms with van der Waals surface area (Å²) in [5.41, 5.74) is 0. The zero-order chi connectivity index (χ0) is 16.5. The van der Waals surface area contributed by atoms with Crippen LogP contribution in [0.15, 0.2) is 11.2 Å². The van der Waals surface area contributed by atoms with E-state index >= 15 is 0 Å². The molecule has 1 unspecified atom stereocenters. The average molecular weight is 338 g/mol. The molecular formula is C17H31N5S. The Morgan fingerprint density at radius 3 is 2.91 bits per heavy atom. The van der Waals surface area contributed by atoms with Gasteiger partial charge < -0.3 is 10.6 Å². The molecule has 1 fully saturated rings. The quantitative estimate of drug-likeness (QED) is 0.593. The molecule has 2 heterocycles. The van der Waals surface area contributed by atoms with Gasteiger partial charge in [-0.05, 0) is 32.7 Å². The molecule has 0 bridgehead atoms. The van der Waals surface area contributed by atoms with E-state index in [-0.39, 0.29) is 0 Å². The van der Waals surface area contributed by atoms with Crippen LogP contribution in [-0.2, 0) is 6.42 Å². The van der Waals surface area contributed by atoms with Crippen molar-refractivity contribution >= 4 is 17.3 Å². The number of piperidine rings is 1. The largest absolute Gasteiger partial charge is 0.356 e. The molecule has 2 N–H and O–H groups in total. The molecule has 1 atom stereocenters. The second kappa shape index (κ2) is 9.88. The van der Waals surface area contributed by atoms with Gasteiger partial charge in [-0.25, -0.2) is 4.98 Å². The van der Waals surface area contributed by atoms with Gasteiger partial charge in [0.15, 0.2) is 5.96 Å². The Hall–Kier alpha value is -1.14. The number of nitrogens with zero attached hydrogens (tertiary/aromatic N) is 3. The molecule has 6 heteroatoms. The first kappa shape index (κ1) is 18.2. The van der Waals surface area contributed by atoms with Gasteiger partial charge in [0.1, 0.15) is 0 Å². The average Bonchev–Trinajstić information content (AvgIpc) is 2.99. The maximum atomic E-state index is 4.39. The standard InChI is InChI=1S/C17H31N5S/c1-4-15-7-5-6-11-22(15)12-10-20-17(18-3)19-9-8-16-21-13-14(2)23-16/h13,15H,4-12H2,1-3H3,(H2,18,19,20). The van der Waals surface area contributed by atoms with Crippen LogP contribution in [0.3, 0.4) is 0 Å². The van der Waals surface area contributed by atoms with Crippen molar-refractivity contribution in [2.45, 2.75) is 52.0 Å². The lowest BCUT2D eigenvalue weighted by atomic mass is 10.0. The van der Waals surface area contributed by atoms with Crippen molar-refractivity contribution in [3.8, 4) is 0 Å². The maximum absolute atomic E-state index is 4.39. The zero-order valence-corrected chi connectivity index (χ0v) is 15.6. The highest BCUT2D eigenvalue weighted by Gasteiger charge is 2.19. The molecule has 130 valence electrons. The third kappa shape index (κ3) is 6.11. The van der Waals surface area contributed by atoms with Crippen LogP contribution < -0.4 is 10.6 Å². The number of likely N-dealkylation sites (tertiary alicyclic amines) is 1. The SMILES string of the molecule is CCC1CCCCN1CCNC(=NC)NCCc1ncc(C)s1. The number of rotatable bonds is 7. The molecule has 23 heavy (non-hydrogen) atoms. The third-order valence-corrected chi connectivity index (χ3v) is 5.41. The highest BCUT2D eigenvalue weighted by molar-refractivity contribution is 7.11. The number of aryl methyl sites for hydroxylation is 1. The summed E-state index contributed by atoms with van der Waals surface area (Å²) in [6.45, 7) is 8.57. The molecule has 1 aliphatic heterocycles. The Labute approximate surface area is 144 Å². The van der Waals surface area contributed by atoms with Gasteiger partial charge in [-0.15, -0.1) is 11.3 Å². The normalized spacial score (nSPS) is 19.8. The fourth-order valence-corrected chi connectivity index (χ4v) is 3.95. The molecular weight excluding hydrogens is 306 g/mol. The third-order valence-electron chi connectivity index (χ3n) is 4.44. The van der Waals surface area contributed by atoms with E-state index in [4.69, 9.17) is 0 Å². The first-order valence-corrected chi connectivity index (χ1v) is 9.64. The zero-order valence-electron chi connectivity index (χ0n) is 14.8. The van der Waals surface area contributed by atoms with E-state index in [1.165, 1.54) is 42.1 Å². The van der Waals surface area contributed by atoms with Crippen LogP contribution in [-0.4, -0.2) is 55.1 Å². The molecule has 1 aliphatic rings. The predicted octanol–water partition coefficient (Wildman–Crippen LogP) is 2.42. The predicted molar refractivity (Wildman–Crippen MR) is 99.4 cm³/mol. The van der Waals surface area contributed by atoms with Crippen LogP contribution in [0.2, 0.25) is 0 Å². The highest BCUT2D eigenvalue weighted by atomic mass is 32.1. The Morgan fingerprint density at radius 2 is 2.22 bits per heavy atom. The van der Waals surface area contributed by atoms with Crippen LogP contribution in [0.25, 0.3) is 0 Å². The van der Waals surface area contributed by atoms with Crippen molar-refractivity contribution in [1.82, 2.24) is 20.5 Å². The van der Waals surface area contributed by atoms with Gasteiger partial charge in [0.2, 0.25) is 0 Å². The molecule has 0 amide bonds. The molecule has 0 aromatic carbocycles. The van der Waals surface area contributed by atoms with Gasteiger partial charge in [0, 0.05) is 50.2 Å². The van der Waals surface area contributed by atoms with Crippen LogP contribution in [0.5, 0.6) is 0 Å². The Kier molecular flexibility index (Phi) is 7.82. The first-order chi connectivity index (χ1) is 11.2. The lowest BCUT2D eigenvalue weighted by Gasteiger charge is -2.35. The number of aromatic nitrogens is 1. The minimum atomic E-state index is 0.772. The van der Waals surface area contributed by atoms with Crippen molar-refractivity contribution in [2.75, 3.05) is 33.2 Å². The fraction of sp³-hybridized carbons (Fsp3) is 0.765. The van der Waals surface area contributed by atoms with Crippen molar-refractivity contribution in [3.63, 3.8) is 0 Å². The summed E-state index contributed by atoms with van der Waals surface area (Å²) in [5.74, 6) is 0.892. The summed E-state index contributed by atoms with van der Waals surface area (Å²) in [6, 6.07) is 0.772. The van der Waals surface area contributed by atoms with Gasteiger partial charge in [0.25, 0.3) is 0 Å². The summed E-state index contributed by atoms with van der Waals surface area (Å²) in [7, 11) is 1.83. The summed E-state index contributed by atoms with van der Waals surface area (Å²) in [5, 5.41) is 7.99. The lowest BCUT2D eigenvalue weighted by molar-refractivity contribution is 0.147. The van der Waals surface area contributed by atoms with Crippen LogP contribution >= 0.6 is 11.3 Å². The van der Waals surface area contributed by atoms with E-state index in [0.717, 1.165) is 38.1 Å². The second-order valence-corrected chi connectivity index (χ2v) is 7.45. The number of guanidine groups is 1. The van der Waals surface area contributed by atoms with Crippen LogP contribution in [0.4, 0.5) is 0 Å². The van der Waals surface area contributed by atoms with Crippen LogP contribution in [0, 0.1) is 6.92 Å². The van der Waals surface area contributed by atoms with Crippen molar-refractivity contribution in [2.24, 2.45) is 4.99 Å². The molecule has 0 aliphatic carbocycles. The minimum absolute atomic E-state index is 0.772. The van der Waals surface area contributed by atoms with Crippen molar-refractivity contribution < 1.29 is 0 Å². The molecule has 0 spiro atoms. The summed E-state index contributed by atoms with van der Waals surface area (Å²) >= 11 is 1.77. The monoisotopic (exact) mass is 337 g/mol. The van der Waals surface area contributed by atoms with E-state index in [1.54, 1.807) is 11.3 Å². The van der Waals surface area contributed by atoms with Crippen molar-refractivity contribution in [3.05, 3.63) is 16.1 Å². The second-order valence-electron chi connectivity index (χ2n) is 6.13. The number of hydrogen-bond donors (Lipinski definition) is 2. The summed E-state index contributed by atoms with van der Waals surface area (Å²) in [6.07, 6.45) is 8.24. The van der Waals surface area contributed by atoms with Crippen molar-refractivity contribution in [1.29, 1.82) is 0 Å². The Balaban J connectivity index is 1.64. The van der Waals surface area contributed by atoms with E-state index in [1.807, 2.05) is 13.2 Å². The molecule has 1 aromatic heterocycles. The smallest absolute Gasteiger partial charge is 0.191 e. The topological polar surface area (TPSA) is 52.5 Å². The molecule has 1 saturated heterocycles. The van der Waals surface area contributed by atoms with E-state index in [2.05, 4.69) is 39.4 Å². The van der Waals surface area contributed by atoms with Gasteiger partial charge in [-0.2, -0.15) is 0 Å². The minimum Gasteiger partial charge on any atom is -0.356 e. The Morgan fingerprint density at radius 1 is 1.39 bits per heavy atom. The molecule has 1 aromatic rings. The highest BCUT2D eigenvalue weighted by Crippen LogP contribution is 2.18. The van der Waals surface area contributed by atoms with Crippen LogP contribution in [0.1, 0.15) is 42.5 Å². The summed E-state index contributed by atoms with van der Waals surface area (Å²) in [4.78, 5) is 12.6. The van der Waals surface area contributed by atoms with E-state index in [9.17, 15) is 0 Å². The summed E-state index contributed by atoms with van der Waals surface area (Å²) < 4.78 is 0. The lowest BCUT2D eigenvalue weighted by Crippen LogP contribution is -2.46. The Bertz CT molecular complexity index is 485. The number of aliphatic imine (C=N–C) groups is 1. The van der Waals surface area contributed by atoms with Gasteiger partial charge in [-0.1, -0.05) is 13.3 Å². The van der Waals surface area contributed by atoms with E-state index in [0.29, 0.717) is 0 Å². The van der Waals surface area contributed by atoms with Gasteiger partial charge in [0.05, 0.1) is 5.01 Å². The molecule has 2 rings (SSSR count). The maximum Gasteiger partial charge on any atom is 0.191 e. The first-order valence-electron chi connectivity index (χ1n) is 8.82. The number of thiazole rings is 1. The number of hydrogen-bond acceptors (Lipinski definition) is 4. The van der Waals surface area contributed by atoms with Gasteiger partial charge in [-0.3, -0.25) is 9.89 Å². The van der Waals surface area contributed by atoms with Gasteiger partial charge >= 0.3 is 0 Å². The number of nitrogens with one attached hydrogen (secondary N) is 2. The fourth-order valence-electron chi connectivity index (χ4n) is 3.16. The van der Waals surface area contributed by atoms with E-state index < -0.39 is 0 Å².